The summed E-state index contributed by atoms with van der Waals surface area (Å²) < 4.78 is 28.6. The first-order valence-corrected chi connectivity index (χ1v) is 13.9. The molecule has 7 heteroatoms. The molecule has 3 aromatic rings. The lowest BCUT2D eigenvalue weighted by Crippen LogP contribution is -2.45. The molecule has 0 unspecified atom stereocenters. The molecule has 4 rings (SSSR count). The molecule has 0 radical (unpaired) electrons. The molecule has 0 saturated heterocycles. The molecule has 1 fully saturated rings. The summed E-state index contributed by atoms with van der Waals surface area (Å²) in [6.07, 6.45) is 4.61. The predicted octanol–water partition coefficient (Wildman–Crippen LogP) is 6.11. The van der Waals surface area contributed by atoms with Crippen molar-refractivity contribution in [1.29, 1.82) is 0 Å². The summed E-state index contributed by atoms with van der Waals surface area (Å²) in [5, 5.41) is 2.97. The van der Waals surface area contributed by atoms with Crippen LogP contribution in [0.15, 0.2) is 93.5 Å². The number of para-hydroxylation sites is 1. The second-order valence-corrected chi connectivity index (χ2v) is 11.6. The molecule has 0 spiro atoms. The summed E-state index contributed by atoms with van der Waals surface area (Å²) in [6, 6.07) is 24.2. The van der Waals surface area contributed by atoms with E-state index in [9.17, 15) is 13.2 Å². The van der Waals surface area contributed by atoms with Crippen molar-refractivity contribution in [3.05, 3.63) is 84.4 Å². The summed E-state index contributed by atoms with van der Waals surface area (Å²) in [7, 11) is -3.80. The van der Waals surface area contributed by atoms with Gasteiger partial charge < -0.3 is 5.32 Å². The van der Waals surface area contributed by atoms with Crippen LogP contribution in [-0.4, -0.2) is 31.2 Å². The van der Waals surface area contributed by atoms with Crippen molar-refractivity contribution >= 4 is 33.4 Å². The summed E-state index contributed by atoms with van der Waals surface area (Å²) in [6.45, 7) is 1.72. The fraction of sp³-hybridized carbons (Fsp3) is 0.296. The van der Waals surface area contributed by atoms with Gasteiger partial charge in [-0.25, -0.2) is 8.42 Å². The van der Waals surface area contributed by atoms with E-state index in [4.69, 9.17) is 0 Å². The molecule has 0 bridgehead atoms. The van der Waals surface area contributed by atoms with Gasteiger partial charge in [-0.3, -0.25) is 4.79 Å². The topological polar surface area (TPSA) is 66.5 Å². The maximum atomic E-state index is 13.6. The van der Waals surface area contributed by atoms with E-state index >= 15 is 0 Å². The van der Waals surface area contributed by atoms with Crippen LogP contribution in [-0.2, 0) is 14.8 Å². The molecule has 34 heavy (non-hydrogen) atoms. The van der Waals surface area contributed by atoms with Crippen molar-refractivity contribution < 1.29 is 13.2 Å². The molecule has 0 aliphatic heterocycles. The van der Waals surface area contributed by atoms with Gasteiger partial charge in [0.15, 0.2) is 0 Å². The van der Waals surface area contributed by atoms with E-state index in [0.717, 1.165) is 47.5 Å². The van der Waals surface area contributed by atoms with Gasteiger partial charge in [-0.1, -0.05) is 79.1 Å². The third-order valence-corrected chi connectivity index (χ3v) is 9.04. The molecule has 0 atom stereocenters. The first kappa shape index (κ1) is 24.5. The quantitative estimate of drug-likeness (QED) is 0.410. The van der Waals surface area contributed by atoms with Gasteiger partial charge >= 0.3 is 0 Å². The van der Waals surface area contributed by atoms with Gasteiger partial charge in [-0.15, -0.1) is 0 Å². The fourth-order valence-electron chi connectivity index (χ4n) is 4.23. The highest BCUT2D eigenvalue weighted by Crippen LogP contribution is 2.33. The highest BCUT2D eigenvalue weighted by Gasteiger charge is 2.34. The van der Waals surface area contributed by atoms with Crippen LogP contribution in [0.1, 0.15) is 37.7 Å². The number of benzene rings is 3. The monoisotopic (exact) mass is 494 g/mol. The van der Waals surface area contributed by atoms with Crippen LogP contribution < -0.4 is 5.32 Å². The number of anilines is 1. The largest absolute Gasteiger partial charge is 0.324 e. The predicted molar refractivity (Wildman–Crippen MR) is 138 cm³/mol. The van der Waals surface area contributed by atoms with E-state index in [1.165, 1.54) is 4.31 Å². The Balaban J connectivity index is 1.55. The van der Waals surface area contributed by atoms with Crippen molar-refractivity contribution in [1.82, 2.24) is 4.31 Å². The summed E-state index contributed by atoms with van der Waals surface area (Å²) in [4.78, 5) is 15.4. The Morgan fingerprint density at radius 3 is 2.26 bits per heavy atom. The molecule has 3 aromatic carbocycles. The molecular formula is C27H30N2O3S2. The molecule has 0 aromatic heterocycles. The number of sulfonamides is 1. The van der Waals surface area contributed by atoms with Crippen LogP contribution in [0.4, 0.5) is 5.69 Å². The minimum absolute atomic E-state index is 0.167. The first-order chi connectivity index (χ1) is 16.4. The van der Waals surface area contributed by atoms with Crippen LogP contribution in [0, 0.1) is 6.92 Å². The molecule has 1 N–H and O–H groups in total. The maximum absolute atomic E-state index is 13.6. The highest BCUT2D eigenvalue weighted by atomic mass is 32.2. The first-order valence-electron chi connectivity index (χ1n) is 11.6. The normalized spacial score (nSPS) is 14.8. The molecule has 0 heterocycles. The number of hydrogen-bond donors (Lipinski definition) is 1. The second-order valence-electron chi connectivity index (χ2n) is 8.61. The molecule has 1 saturated carbocycles. The van der Waals surface area contributed by atoms with Gasteiger partial charge in [0.25, 0.3) is 0 Å². The van der Waals surface area contributed by atoms with Crippen molar-refractivity contribution in [3.8, 4) is 0 Å². The van der Waals surface area contributed by atoms with Gasteiger partial charge in [0.05, 0.1) is 17.1 Å². The van der Waals surface area contributed by atoms with Gasteiger partial charge in [-0.05, 0) is 56.2 Å². The summed E-state index contributed by atoms with van der Waals surface area (Å²) >= 11 is 1.56. The van der Waals surface area contributed by atoms with Crippen LogP contribution in [0.2, 0.25) is 0 Å². The third kappa shape index (κ3) is 6.09. The van der Waals surface area contributed by atoms with Crippen molar-refractivity contribution in [2.75, 3.05) is 11.9 Å². The maximum Gasteiger partial charge on any atom is 0.243 e. The lowest BCUT2D eigenvalue weighted by atomic mass is 9.95. The van der Waals surface area contributed by atoms with Gasteiger partial charge in [-0.2, -0.15) is 4.31 Å². The zero-order chi connectivity index (χ0) is 24.0. The minimum atomic E-state index is -3.80. The lowest BCUT2D eigenvalue weighted by Gasteiger charge is -2.33. The average Bonchev–Trinajstić information content (AvgIpc) is 2.85. The molecule has 178 valence electrons. The Kier molecular flexibility index (Phi) is 8.08. The van der Waals surface area contributed by atoms with E-state index in [2.05, 4.69) is 5.32 Å². The molecular weight excluding hydrogens is 464 g/mol. The SMILES string of the molecule is Cc1ccc(S(=O)(=O)N(CC(=O)Nc2ccccc2Sc2ccccc2)C2CCCCC2)cc1. The number of nitrogens with one attached hydrogen (secondary N) is 1. The zero-order valence-electron chi connectivity index (χ0n) is 19.3. The number of hydrogen-bond acceptors (Lipinski definition) is 4. The Hall–Kier alpha value is -2.61. The van der Waals surface area contributed by atoms with Crippen LogP contribution in [0.5, 0.6) is 0 Å². The van der Waals surface area contributed by atoms with Crippen molar-refractivity contribution in [2.24, 2.45) is 0 Å². The standard InChI is InChI=1S/C27H30N2O3S2/c1-21-16-18-24(19-17-21)34(31,32)29(22-10-4-2-5-11-22)20-27(30)28-25-14-8-9-15-26(25)33-23-12-6-3-7-13-23/h3,6-9,12-19,22H,2,4-5,10-11,20H2,1H3,(H,28,30). The van der Waals surface area contributed by atoms with Crippen LogP contribution >= 0.6 is 11.8 Å². The zero-order valence-corrected chi connectivity index (χ0v) is 20.9. The number of carbonyl (C=O) groups is 1. The van der Waals surface area contributed by atoms with Crippen molar-refractivity contribution in [3.63, 3.8) is 0 Å². The van der Waals surface area contributed by atoms with Gasteiger partial charge in [0.1, 0.15) is 0 Å². The second kappa shape index (κ2) is 11.2. The fourth-order valence-corrected chi connectivity index (χ4v) is 6.79. The van der Waals surface area contributed by atoms with Gasteiger partial charge in [0, 0.05) is 15.8 Å². The number of rotatable bonds is 8. The van der Waals surface area contributed by atoms with E-state index in [-0.39, 0.29) is 23.4 Å². The molecule has 5 nitrogen and oxygen atoms in total. The highest BCUT2D eigenvalue weighted by molar-refractivity contribution is 7.99. The van der Waals surface area contributed by atoms with E-state index in [1.807, 2.05) is 61.5 Å². The van der Waals surface area contributed by atoms with Crippen LogP contribution in [0.3, 0.4) is 0 Å². The number of nitrogens with zero attached hydrogens (tertiary/aromatic N) is 1. The summed E-state index contributed by atoms with van der Waals surface area (Å²) in [5.41, 5.74) is 1.67. The number of amides is 1. The molecule has 1 aliphatic rings. The Morgan fingerprint density at radius 2 is 1.56 bits per heavy atom. The molecule has 1 aliphatic carbocycles. The summed E-state index contributed by atoms with van der Waals surface area (Å²) in [5.74, 6) is -0.331. The smallest absolute Gasteiger partial charge is 0.243 e. The van der Waals surface area contributed by atoms with Gasteiger partial charge in [0.2, 0.25) is 15.9 Å². The Bertz CT molecular complexity index is 1210. The van der Waals surface area contributed by atoms with E-state index in [0.29, 0.717) is 5.69 Å². The van der Waals surface area contributed by atoms with E-state index in [1.54, 1.807) is 36.0 Å². The van der Waals surface area contributed by atoms with Crippen molar-refractivity contribution in [2.45, 2.75) is 59.8 Å². The number of aryl methyl sites for hydroxylation is 1. The Morgan fingerprint density at radius 1 is 0.912 bits per heavy atom. The molecule has 1 amide bonds. The van der Waals surface area contributed by atoms with E-state index < -0.39 is 10.0 Å². The Labute approximate surface area is 206 Å². The average molecular weight is 495 g/mol. The van der Waals surface area contributed by atoms with Crippen LogP contribution in [0.25, 0.3) is 0 Å². The third-order valence-electron chi connectivity index (χ3n) is 6.04. The number of carbonyl (C=O) groups excluding carboxylic acids is 1. The lowest BCUT2D eigenvalue weighted by molar-refractivity contribution is -0.116. The minimum Gasteiger partial charge on any atom is -0.324 e.